The van der Waals surface area contributed by atoms with Gasteiger partial charge in [0, 0.05) is 25.3 Å². The molecule has 6 heteroatoms. The van der Waals surface area contributed by atoms with Crippen LogP contribution in [0.3, 0.4) is 0 Å². The minimum absolute atomic E-state index is 0.0614. The van der Waals surface area contributed by atoms with E-state index in [0.29, 0.717) is 30.6 Å². The van der Waals surface area contributed by atoms with Gasteiger partial charge in [-0.2, -0.15) is 0 Å². The second-order valence-corrected chi connectivity index (χ2v) is 8.31. The molecule has 0 aliphatic carbocycles. The number of furan rings is 1. The van der Waals surface area contributed by atoms with E-state index in [-0.39, 0.29) is 5.91 Å². The zero-order valence-electron chi connectivity index (χ0n) is 18.6. The number of rotatable bonds is 8. The molecule has 1 aliphatic heterocycles. The van der Waals surface area contributed by atoms with Crippen LogP contribution in [-0.2, 0) is 6.54 Å². The number of hydrogen-bond donors (Lipinski definition) is 1. The summed E-state index contributed by atoms with van der Waals surface area (Å²) in [5.74, 6) is 1.47. The van der Waals surface area contributed by atoms with Gasteiger partial charge in [-0.15, -0.1) is 0 Å². The molecule has 0 bridgehead atoms. The van der Waals surface area contributed by atoms with Gasteiger partial charge in [0.1, 0.15) is 17.2 Å². The number of carbonyl (C=O) groups is 1. The van der Waals surface area contributed by atoms with E-state index in [1.807, 2.05) is 54.1 Å². The first-order valence-corrected chi connectivity index (χ1v) is 10.9. The normalized spacial score (nSPS) is 16.5. The Morgan fingerprint density at radius 1 is 1.26 bits per heavy atom. The summed E-state index contributed by atoms with van der Waals surface area (Å²) in [4.78, 5) is 15.7. The number of nitrogens with one attached hydrogen (secondary N) is 1. The van der Waals surface area contributed by atoms with Gasteiger partial charge < -0.3 is 23.9 Å². The van der Waals surface area contributed by atoms with Crippen LogP contribution in [0.4, 0.5) is 0 Å². The van der Waals surface area contributed by atoms with Crippen LogP contribution in [0.5, 0.6) is 5.75 Å². The molecule has 1 saturated heterocycles. The summed E-state index contributed by atoms with van der Waals surface area (Å²) >= 11 is 0. The first kappa shape index (κ1) is 21.2. The van der Waals surface area contributed by atoms with Crippen molar-refractivity contribution in [3.05, 3.63) is 65.7 Å². The Bertz CT molecular complexity index is 1010. The Hall–Kier alpha value is -2.99. The lowest BCUT2D eigenvalue weighted by Crippen LogP contribution is -2.32. The first-order chi connectivity index (χ1) is 15.1. The number of carbonyl (C=O) groups excluding carboxylic acids is 1. The molecule has 164 valence electrons. The van der Waals surface area contributed by atoms with Crippen LogP contribution in [-0.4, -0.2) is 48.7 Å². The molecule has 3 aromatic rings. The third kappa shape index (κ3) is 4.69. The average molecular weight is 422 g/mol. The summed E-state index contributed by atoms with van der Waals surface area (Å²) in [5.41, 5.74) is 3.62. The quantitative estimate of drug-likeness (QED) is 0.588. The average Bonchev–Trinajstić information content (AvgIpc) is 3.49. The number of hydrogen-bond acceptors (Lipinski definition) is 4. The van der Waals surface area contributed by atoms with Gasteiger partial charge in [-0.1, -0.05) is 12.1 Å². The molecule has 31 heavy (non-hydrogen) atoms. The lowest BCUT2D eigenvalue weighted by molar-refractivity contribution is 0.0942. The predicted octanol–water partition coefficient (Wildman–Crippen LogP) is 4.33. The van der Waals surface area contributed by atoms with Crippen molar-refractivity contribution in [3.63, 3.8) is 0 Å². The Morgan fingerprint density at radius 2 is 2.06 bits per heavy atom. The standard InChI is InChI=1S/C25H31N3O3/c1-18-16-28(17-19-8-10-21(30-3)11-9-19)24(23(18)22-7-5-15-31-22)25(29)26-13-12-20-6-4-14-27(20)2/h5,7-11,15-16,20H,4,6,12-14,17H2,1-3H3,(H,26,29). The molecule has 1 atom stereocenters. The molecule has 6 nitrogen and oxygen atoms in total. The second-order valence-electron chi connectivity index (χ2n) is 8.31. The Kier molecular flexibility index (Phi) is 6.47. The van der Waals surface area contributed by atoms with Gasteiger partial charge in [-0.3, -0.25) is 4.79 Å². The molecule has 3 heterocycles. The zero-order chi connectivity index (χ0) is 21.8. The Morgan fingerprint density at radius 3 is 2.71 bits per heavy atom. The fourth-order valence-electron chi connectivity index (χ4n) is 4.50. The van der Waals surface area contributed by atoms with Crippen molar-refractivity contribution in [1.29, 1.82) is 0 Å². The molecule has 0 saturated carbocycles. The van der Waals surface area contributed by atoms with E-state index in [9.17, 15) is 4.79 Å². The number of likely N-dealkylation sites (tertiary alicyclic amines) is 1. The third-order valence-corrected chi connectivity index (χ3v) is 6.20. The molecular weight excluding hydrogens is 390 g/mol. The number of benzene rings is 1. The third-order valence-electron chi connectivity index (χ3n) is 6.20. The van der Waals surface area contributed by atoms with Crippen LogP contribution in [0.15, 0.2) is 53.3 Å². The van der Waals surface area contributed by atoms with Gasteiger partial charge in [-0.25, -0.2) is 0 Å². The summed E-state index contributed by atoms with van der Waals surface area (Å²) in [5, 5.41) is 3.16. The van der Waals surface area contributed by atoms with Crippen LogP contribution < -0.4 is 10.1 Å². The second kappa shape index (κ2) is 9.43. The van der Waals surface area contributed by atoms with E-state index in [2.05, 4.69) is 17.3 Å². The smallest absolute Gasteiger partial charge is 0.268 e. The maximum absolute atomic E-state index is 13.3. The number of aromatic nitrogens is 1. The maximum Gasteiger partial charge on any atom is 0.268 e. The van der Waals surface area contributed by atoms with E-state index in [1.54, 1.807) is 13.4 Å². The molecule has 1 aromatic carbocycles. The highest BCUT2D eigenvalue weighted by molar-refractivity contribution is 6.00. The first-order valence-electron chi connectivity index (χ1n) is 10.9. The van der Waals surface area contributed by atoms with E-state index in [0.717, 1.165) is 35.4 Å². The van der Waals surface area contributed by atoms with Crippen molar-refractivity contribution in [2.45, 2.75) is 38.8 Å². The number of amides is 1. The van der Waals surface area contributed by atoms with E-state index >= 15 is 0 Å². The summed E-state index contributed by atoms with van der Waals surface area (Å²) in [6.07, 6.45) is 7.09. The molecule has 1 unspecified atom stereocenters. The highest BCUT2D eigenvalue weighted by Gasteiger charge is 2.24. The Labute approximate surface area is 183 Å². The molecule has 1 amide bonds. The highest BCUT2D eigenvalue weighted by Crippen LogP contribution is 2.30. The van der Waals surface area contributed by atoms with Gasteiger partial charge in [0.05, 0.1) is 18.9 Å². The molecule has 0 spiro atoms. The van der Waals surface area contributed by atoms with Gasteiger partial charge in [-0.05, 0) is 75.2 Å². The topological polar surface area (TPSA) is 59.6 Å². The van der Waals surface area contributed by atoms with E-state index in [1.165, 1.54) is 12.8 Å². The van der Waals surface area contributed by atoms with Crippen molar-refractivity contribution in [3.8, 4) is 17.1 Å². The lowest BCUT2D eigenvalue weighted by Gasteiger charge is -2.19. The van der Waals surface area contributed by atoms with Gasteiger partial charge in [0.15, 0.2) is 0 Å². The van der Waals surface area contributed by atoms with Crippen LogP contribution in [0.25, 0.3) is 11.3 Å². The number of methoxy groups -OCH3 is 1. The van der Waals surface area contributed by atoms with Crippen LogP contribution >= 0.6 is 0 Å². The zero-order valence-corrected chi connectivity index (χ0v) is 18.6. The fraction of sp³-hybridized carbons (Fsp3) is 0.400. The van der Waals surface area contributed by atoms with Crippen LogP contribution in [0.2, 0.25) is 0 Å². The molecule has 0 radical (unpaired) electrons. The predicted molar refractivity (Wildman–Crippen MR) is 122 cm³/mol. The molecule has 1 fully saturated rings. The summed E-state index contributed by atoms with van der Waals surface area (Å²) in [6, 6.07) is 12.2. The van der Waals surface area contributed by atoms with Crippen molar-refractivity contribution >= 4 is 5.91 Å². The van der Waals surface area contributed by atoms with Gasteiger partial charge >= 0.3 is 0 Å². The minimum Gasteiger partial charge on any atom is -0.497 e. The van der Waals surface area contributed by atoms with Crippen LogP contribution in [0, 0.1) is 6.92 Å². The summed E-state index contributed by atoms with van der Waals surface area (Å²) in [7, 11) is 3.82. The molecule has 4 rings (SSSR count). The minimum atomic E-state index is -0.0614. The summed E-state index contributed by atoms with van der Waals surface area (Å²) < 4.78 is 12.9. The number of nitrogens with zero attached hydrogens (tertiary/aromatic N) is 2. The Balaban J connectivity index is 1.57. The maximum atomic E-state index is 13.3. The largest absolute Gasteiger partial charge is 0.497 e. The summed E-state index contributed by atoms with van der Waals surface area (Å²) in [6.45, 7) is 4.43. The van der Waals surface area contributed by atoms with Gasteiger partial charge in [0.25, 0.3) is 5.91 Å². The van der Waals surface area contributed by atoms with Crippen LogP contribution in [0.1, 0.15) is 40.9 Å². The lowest BCUT2D eigenvalue weighted by atomic mass is 10.1. The molecule has 1 N–H and O–H groups in total. The van der Waals surface area contributed by atoms with Crippen molar-refractivity contribution in [1.82, 2.24) is 14.8 Å². The SMILES string of the molecule is COc1ccc(Cn2cc(C)c(-c3ccco3)c2C(=O)NCCC2CCCN2C)cc1. The fourth-order valence-corrected chi connectivity index (χ4v) is 4.50. The monoisotopic (exact) mass is 421 g/mol. The van der Waals surface area contributed by atoms with Crippen molar-refractivity contribution in [2.75, 3.05) is 27.2 Å². The van der Waals surface area contributed by atoms with Crippen molar-refractivity contribution in [2.24, 2.45) is 0 Å². The van der Waals surface area contributed by atoms with E-state index in [4.69, 9.17) is 9.15 Å². The number of aryl methyl sites for hydroxylation is 1. The number of ether oxygens (including phenoxy) is 1. The van der Waals surface area contributed by atoms with Crippen molar-refractivity contribution < 1.29 is 13.9 Å². The van der Waals surface area contributed by atoms with Gasteiger partial charge in [0.2, 0.25) is 0 Å². The molecular formula is C25H31N3O3. The molecule has 2 aromatic heterocycles. The van der Waals surface area contributed by atoms with E-state index < -0.39 is 0 Å². The highest BCUT2D eigenvalue weighted by atomic mass is 16.5. The molecule has 1 aliphatic rings.